The molecule has 2 fully saturated rings. The van der Waals surface area contributed by atoms with Gasteiger partial charge in [-0.3, -0.25) is 0 Å². The number of fused-ring (bicyclic) bond motifs is 1. The Morgan fingerprint density at radius 2 is 1.46 bits per heavy atom. The predicted octanol–water partition coefficient (Wildman–Crippen LogP) is 1.000. The molecule has 2 atom stereocenters. The molecule has 0 bridgehead atoms. The average Bonchev–Trinajstić information content (AvgIpc) is 2.40. The fourth-order valence-corrected chi connectivity index (χ4v) is 2.43. The summed E-state index contributed by atoms with van der Waals surface area (Å²) in [5, 5.41) is 0. The van der Waals surface area contributed by atoms with Crippen molar-refractivity contribution in [1.29, 1.82) is 0 Å². The summed E-state index contributed by atoms with van der Waals surface area (Å²) in [4.78, 5) is 2.76. The summed E-state index contributed by atoms with van der Waals surface area (Å²) in [6, 6.07) is 0. The Morgan fingerprint density at radius 1 is 1.00 bits per heavy atom. The number of hydrogen-bond donors (Lipinski definition) is 0. The van der Waals surface area contributed by atoms with Crippen molar-refractivity contribution in [3.8, 4) is 0 Å². The molecular weight excluding hydrogens is 181 g/mol. The van der Waals surface area contributed by atoms with Crippen molar-refractivity contribution >= 4 is 0 Å². The van der Waals surface area contributed by atoms with Crippen molar-refractivity contribution in [2.75, 3.05) is 33.2 Å². The van der Waals surface area contributed by atoms with Crippen LogP contribution in [0.15, 0.2) is 0 Å². The first-order chi connectivity index (χ1) is 5.97. The van der Waals surface area contributed by atoms with E-state index in [-0.39, 0.29) is 24.9 Å². The quantitative estimate of drug-likeness (QED) is 0.531. The number of halogens is 3. The molecule has 0 aromatic heterocycles. The summed E-state index contributed by atoms with van der Waals surface area (Å²) in [5.41, 5.74) is 0. The van der Waals surface area contributed by atoms with E-state index in [0.717, 1.165) is 13.1 Å². The molecular formula is C8H13F3N2. The van der Waals surface area contributed by atoms with Gasteiger partial charge in [0.1, 0.15) is 0 Å². The maximum absolute atomic E-state index is 12.3. The largest absolute Gasteiger partial charge is 0.459 e. The SMILES string of the molecule is CN1CC2CN(C(F)(F)F)C[C@@H]2C1. The summed E-state index contributed by atoms with van der Waals surface area (Å²) in [7, 11) is 1.97. The Balaban J connectivity index is 1.98. The molecule has 2 rings (SSSR count). The zero-order chi connectivity index (χ0) is 9.64. The maximum atomic E-state index is 12.3. The summed E-state index contributed by atoms with van der Waals surface area (Å²) in [6.07, 6.45) is -4.12. The molecule has 0 aromatic rings. The smallest absolute Gasteiger partial charge is 0.306 e. The van der Waals surface area contributed by atoms with Crippen molar-refractivity contribution in [2.24, 2.45) is 11.8 Å². The molecule has 0 amide bonds. The Kier molecular flexibility index (Phi) is 2.03. The number of likely N-dealkylation sites (tertiary alicyclic amines) is 2. The summed E-state index contributed by atoms with van der Waals surface area (Å²) < 4.78 is 36.8. The van der Waals surface area contributed by atoms with Crippen LogP contribution < -0.4 is 0 Å². The van der Waals surface area contributed by atoms with Crippen molar-refractivity contribution in [1.82, 2.24) is 9.80 Å². The molecule has 76 valence electrons. The van der Waals surface area contributed by atoms with Crippen LogP contribution in [0.25, 0.3) is 0 Å². The topological polar surface area (TPSA) is 6.48 Å². The van der Waals surface area contributed by atoms with E-state index in [1.54, 1.807) is 0 Å². The highest BCUT2D eigenvalue weighted by Crippen LogP contribution is 2.35. The van der Waals surface area contributed by atoms with Crippen LogP contribution in [-0.2, 0) is 0 Å². The number of nitrogens with zero attached hydrogens (tertiary/aromatic N) is 2. The second kappa shape index (κ2) is 2.85. The van der Waals surface area contributed by atoms with E-state index in [1.807, 2.05) is 7.05 Å². The van der Waals surface area contributed by atoms with Gasteiger partial charge < -0.3 is 4.90 Å². The second-order valence-corrected chi connectivity index (χ2v) is 4.11. The first-order valence-corrected chi connectivity index (χ1v) is 4.47. The molecule has 0 radical (unpaired) electrons. The molecule has 0 aromatic carbocycles. The standard InChI is InChI=1S/C8H13F3N2/c1-12-2-6-4-13(8(9,10)11)5-7(6)3-12/h6-7H,2-5H2,1H3/t6-,7?/m0/s1. The molecule has 5 heteroatoms. The van der Waals surface area contributed by atoms with Crippen LogP contribution in [0, 0.1) is 11.8 Å². The predicted molar refractivity (Wildman–Crippen MR) is 42.1 cm³/mol. The van der Waals surface area contributed by atoms with Crippen LogP contribution in [0.4, 0.5) is 13.2 Å². The first kappa shape index (κ1) is 9.27. The summed E-state index contributed by atoms with van der Waals surface area (Å²) in [5.74, 6) is 0.457. The van der Waals surface area contributed by atoms with E-state index in [4.69, 9.17) is 0 Å². The third-order valence-corrected chi connectivity index (χ3v) is 3.03. The van der Waals surface area contributed by atoms with Crippen LogP contribution in [-0.4, -0.2) is 49.3 Å². The molecule has 2 nitrogen and oxygen atoms in total. The van der Waals surface area contributed by atoms with Crippen LogP contribution in [0.5, 0.6) is 0 Å². The fourth-order valence-electron chi connectivity index (χ4n) is 2.43. The first-order valence-electron chi connectivity index (χ1n) is 4.47. The lowest BCUT2D eigenvalue weighted by Crippen LogP contribution is -2.38. The normalized spacial score (nSPS) is 36.9. The van der Waals surface area contributed by atoms with Crippen LogP contribution >= 0.6 is 0 Å². The van der Waals surface area contributed by atoms with E-state index in [9.17, 15) is 13.2 Å². The van der Waals surface area contributed by atoms with Crippen molar-refractivity contribution in [3.05, 3.63) is 0 Å². The zero-order valence-corrected chi connectivity index (χ0v) is 7.51. The third kappa shape index (κ3) is 1.67. The molecule has 2 heterocycles. The monoisotopic (exact) mass is 194 g/mol. The van der Waals surface area contributed by atoms with Gasteiger partial charge in [-0.15, -0.1) is 0 Å². The van der Waals surface area contributed by atoms with E-state index in [2.05, 4.69) is 4.90 Å². The fraction of sp³-hybridized carbons (Fsp3) is 1.00. The maximum Gasteiger partial charge on any atom is 0.459 e. The summed E-state index contributed by atoms with van der Waals surface area (Å²) >= 11 is 0. The Labute approximate surface area is 75.3 Å². The third-order valence-electron chi connectivity index (χ3n) is 3.03. The minimum atomic E-state index is -4.12. The Bertz CT molecular complexity index is 190. The van der Waals surface area contributed by atoms with Crippen molar-refractivity contribution in [3.63, 3.8) is 0 Å². The molecule has 2 aliphatic rings. The van der Waals surface area contributed by atoms with Gasteiger partial charge in [0.15, 0.2) is 0 Å². The van der Waals surface area contributed by atoms with Crippen molar-refractivity contribution < 1.29 is 13.2 Å². The minimum Gasteiger partial charge on any atom is -0.306 e. The number of hydrogen-bond acceptors (Lipinski definition) is 2. The van der Waals surface area contributed by atoms with Gasteiger partial charge in [-0.2, -0.15) is 13.2 Å². The highest BCUT2D eigenvalue weighted by atomic mass is 19.4. The Hall–Kier alpha value is -0.290. The van der Waals surface area contributed by atoms with Gasteiger partial charge in [0.25, 0.3) is 0 Å². The highest BCUT2D eigenvalue weighted by Gasteiger charge is 2.48. The minimum absolute atomic E-state index is 0.193. The van der Waals surface area contributed by atoms with E-state index >= 15 is 0 Å². The van der Waals surface area contributed by atoms with Gasteiger partial charge in [0.2, 0.25) is 0 Å². The average molecular weight is 194 g/mol. The van der Waals surface area contributed by atoms with Crippen LogP contribution in [0.3, 0.4) is 0 Å². The van der Waals surface area contributed by atoms with Crippen LogP contribution in [0.1, 0.15) is 0 Å². The van der Waals surface area contributed by atoms with E-state index in [0.29, 0.717) is 4.90 Å². The molecule has 0 saturated carbocycles. The molecule has 2 saturated heterocycles. The van der Waals surface area contributed by atoms with Gasteiger partial charge in [0.05, 0.1) is 0 Å². The zero-order valence-electron chi connectivity index (χ0n) is 7.51. The van der Waals surface area contributed by atoms with Gasteiger partial charge in [-0.05, 0) is 18.9 Å². The summed E-state index contributed by atoms with van der Waals surface area (Å²) in [6.45, 7) is 2.02. The van der Waals surface area contributed by atoms with Gasteiger partial charge in [-0.1, -0.05) is 0 Å². The molecule has 13 heavy (non-hydrogen) atoms. The van der Waals surface area contributed by atoms with Crippen molar-refractivity contribution in [2.45, 2.75) is 6.30 Å². The molecule has 0 aliphatic carbocycles. The van der Waals surface area contributed by atoms with Gasteiger partial charge in [0, 0.05) is 26.2 Å². The molecule has 0 spiro atoms. The lowest BCUT2D eigenvalue weighted by Gasteiger charge is -2.21. The molecule has 0 N–H and O–H groups in total. The van der Waals surface area contributed by atoms with Gasteiger partial charge in [-0.25, -0.2) is 4.90 Å². The lowest BCUT2D eigenvalue weighted by molar-refractivity contribution is -0.240. The highest BCUT2D eigenvalue weighted by molar-refractivity contribution is 4.92. The van der Waals surface area contributed by atoms with Gasteiger partial charge >= 0.3 is 6.30 Å². The van der Waals surface area contributed by atoms with E-state index < -0.39 is 6.30 Å². The number of rotatable bonds is 0. The number of alkyl halides is 3. The van der Waals surface area contributed by atoms with E-state index in [1.165, 1.54) is 0 Å². The second-order valence-electron chi connectivity index (χ2n) is 4.11. The molecule has 1 unspecified atom stereocenters. The lowest BCUT2D eigenvalue weighted by atomic mass is 10.0. The Morgan fingerprint density at radius 3 is 1.85 bits per heavy atom. The van der Waals surface area contributed by atoms with Crippen LogP contribution in [0.2, 0.25) is 0 Å². The molecule has 2 aliphatic heterocycles.